The maximum atomic E-state index is 11.8. The summed E-state index contributed by atoms with van der Waals surface area (Å²) in [6, 6.07) is 5.33. The Morgan fingerprint density at radius 2 is 2.12 bits per heavy atom. The number of nitrogens with one attached hydrogen (secondary N) is 2. The maximum Gasteiger partial charge on any atom is 0.249 e. The molecule has 1 aliphatic rings. The first-order valence-corrected chi connectivity index (χ1v) is 5.37. The number of hydrogen-bond donors (Lipinski definition) is 2. The van der Waals surface area contributed by atoms with Crippen LogP contribution in [0.5, 0.6) is 0 Å². The molecule has 1 atom stereocenters. The van der Waals surface area contributed by atoms with E-state index < -0.39 is 0 Å². The number of fused-ring (bicyclic) bond motifs is 1. The van der Waals surface area contributed by atoms with Crippen molar-refractivity contribution in [3.05, 3.63) is 42.4 Å². The van der Waals surface area contributed by atoms with E-state index >= 15 is 0 Å². The van der Waals surface area contributed by atoms with E-state index in [9.17, 15) is 4.79 Å². The van der Waals surface area contributed by atoms with Crippen molar-refractivity contribution in [2.24, 2.45) is 0 Å². The topological polar surface area (TPSA) is 67.2 Å². The molecule has 1 aliphatic heterocycles. The van der Waals surface area contributed by atoms with Gasteiger partial charge in [0, 0.05) is 24.9 Å². The highest BCUT2D eigenvalue weighted by Crippen LogP contribution is 2.28. The number of anilines is 2. The van der Waals surface area contributed by atoms with Gasteiger partial charge in [0.25, 0.3) is 0 Å². The van der Waals surface area contributed by atoms with Crippen LogP contribution in [0.3, 0.4) is 0 Å². The lowest BCUT2D eigenvalue weighted by molar-refractivity contribution is -0.117. The summed E-state index contributed by atoms with van der Waals surface area (Å²) in [4.78, 5) is 15.8. The molecule has 17 heavy (non-hydrogen) atoms. The molecule has 0 spiro atoms. The summed E-state index contributed by atoms with van der Waals surface area (Å²) in [6.07, 6.45) is 5.62. The van der Waals surface area contributed by atoms with Crippen molar-refractivity contribution in [3.8, 4) is 0 Å². The third kappa shape index (κ3) is 1.87. The number of furan rings is 1. The molecule has 5 heteroatoms. The van der Waals surface area contributed by atoms with E-state index in [2.05, 4.69) is 15.6 Å². The first-order valence-electron chi connectivity index (χ1n) is 5.37. The van der Waals surface area contributed by atoms with Crippen molar-refractivity contribution < 1.29 is 9.21 Å². The van der Waals surface area contributed by atoms with Crippen LogP contribution < -0.4 is 10.6 Å². The maximum absolute atomic E-state index is 11.8. The van der Waals surface area contributed by atoms with E-state index in [1.807, 2.05) is 12.1 Å². The van der Waals surface area contributed by atoms with Gasteiger partial charge in [-0.3, -0.25) is 15.1 Å². The number of rotatable bonds is 2. The highest BCUT2D eigenvalue weighted by atomic mass is 16.3. The molecule has 3 heterocycles. The van der Waals surface area contributed by atoms with Gasteiger partial charge < -0.3 is 9.73 Å². The SMILES string of the molecule is O=C1Nc2occc2NC1Cc1ccncc1. The Kier molecular flexibility index (Phi) is 2.29. The van der Waals surface area contributed by atoms with E-state index in [1.165, 1.54) is 0 Å². The van der Waals surface area contributed by atoms with Crippen molar-refractivity contribution in [1.29, 1.82) is 0 Å². The second-order valence-corrected chi connectivity index (χ2v) is 3.91. The van der Waals surface area contributed by atoms with Crippen molar-refractivity contribution in [1.82, 2.24) is 4.98 Å². The molecule has 2 aromatic heterocycles. The Balaban J connectivity index is 1.79. The minimum Gasteiger partial charge on any atom is -0.446 e. The zero-order valence-corrected chi connectivity index (χ0v) is 9.01. The van der Waals surface area contributed by atoms with Crippen LogP contribution in [-0.4, -0.2) is 16.9 Å². The number of carbonyl (C=O) groups excluding carboxylic acids is 1. The van der Waals surface area contributed by atoms with Gasteiger partial charge >= 0.3 is 0 Å². The third-order valence-electron chi connectivity index (χ3n) is 2.74. The molecule has 0 fully saturated rings. The number of carbonyl (C=O) groups is 1. The number of aromatic nitrogens is 1. The molecular weight excluding hydrogens is 218 g/mol. The van der Waals surface area contributed by atoms with Gasteiger partial charge in [-0.25, -0.2) is 0 Å². The highest BCUT2D eigenvalue weighted by Gasteiger charge is 2.27. The van der Waals surface area contributed by atoms with Gasteiger partial charge in [-0.2, -0.15) is 0 Å². The van der Waals surface area contributed by atoms with Crippen molar-refractivity contribution >= 4 is 17.5 Å². The van der Waals surface area contributed by atoms with Gasteiger partial charge in [-0.05, 0) is 17.7 Å². The molecule has 1 unspecified atom stereocenters. The predicted octanol–water partition coefficient (Wildman–Crippen LogP) is 1.65. The summed E-state index contributed by atoms with van der Waals surface area (Å²) >= 11 is 0. The average molecular weight is 229 g/mol. The van der Waals surface area contributed by atoms with Crippen LogP contribution in [0.4, 0.5) is 11.6 Å². The molecule has 2 N–H and O–H groups in total. The Hall–Kier alpha value is -2.30. The molecule has 5 nitrogen and oxygen atoms in total. The zero-order chi connectivity index (χ0) is 11.7. The van der Waals surface area contributed by atoms with Crippen LogP contribution >= 0.6 is 0 Å². The Morgan fingerprint density at radius 3 is 2.94 bits per heavy atom. The lowest BCUT2D eigenvalue weighted by Gasteiger charge is -2.23. The summed E-state index contributed by atoms with van der Waals surface area (Å²) in [6.45, 7) is 0. The second-order valence-electron chi connectivity index (χ2n) is 3.91. The molecule has 86 valence electrons. The van der Waals surface area contributed by atoms with E-state index in [-0.39, 0.29) is 11.9 Å². The van der Waals surface area contributed by atoms with E-state index in [4.69, 9.17) is 4.42 Å². The van der Waals surface area contributed by atoms with Crippen LogP contribution in [0.25, 0.3) is 0 Å². The van der Waals surface area contributed by atoms with Crippen molar-refractivity contribution in [2.75, 3.05) is 10.6 Å². The zero-order valence-electron chi connectivity index (χ0n) is 9.01. The smallest absolute Gasteiger partial charge is 0.249 e. The van der Waals surface area contributed by atoms with Crippen LogP contribution in [-0.2, 0) is 11.2 Å². The molecule has 0 radical (unpaired) electrons. The molecule has 0 aliphatic carbocycles. The van der Waals surface area contributed by atoms with Gasteiger partial charge in [0.1, 0.15) is 6.04 Å². The number of hydrogen-bond acceptors (Lipinski definition) is 4. The second kappa shape index (κ2) is 3.93. The number of amides is 1. The highest BCUT2D eigenvalue weighted by molar-refractivity contribution is 6.01. The van der Waals surface area contributed by atoms with Crippen LogP contribution in [0.2, 0.25) is 0 Å². The minimum atomic E-state index is -0.275. The van der Waals surface area contributed by atoms with Crippen LogP contribution in [0.15, 0.2) is 41.3 Å². The lowest BCUT2D eigenvalue weighted by Crippen LogP contribution is -2.39. The van der Waals surface area contributed by atoms with Gasteiger partial charge in [0.2, 0.25) is 11.8 Å². The van der Waals surface area contributed by atoms with E-state index in [1.54, 1.807) is 24.7 Å². The molecule has 3 rings (SSSR count). The molecule has 0 aromatic carbocycles. The quantitative estimate of drug-likeness (QED) is 0.821. The minimum absolute atomic E-state index is 0.0794. The third-order valence-corrected chi connectivity index (χ3v) is 2.74. The van der Waals surface area contributed by atoms with Gasteiger partial charge in [0.05, 0.1) is 12.0 Å². The van der Waals surface area contributed by atoms with Crippen molar-refractivity contribution in [2.45, 2.75) is 12.5 Å². The number of pyridine rings is 1. The van der Waals surface area contributed by atoms with Crippen molar-refractivity contribution in [3.63, 3.8) is 0 Å². The fourth-order valence-corrected chi connectivity index (χ4v) is 1.87. The van der Waals surface area contributed by atoms with Crippen LogP contribution in [0, 0.1) is 0 Å². The Bertz CT molecular complexity index is 536. The van der Waals surface area contributed by atoms with E-state index in [0.29, 0.717) is 12.3 Å². The van der Waals surface area contributed by atoms with Gasteiger partial charge in [-0.1, -0.05) is 0 Å². The molecular formula is C12H11N3O2. The standard InChI is InChI=1S/C12H11N3O2/c16-11-10(7-8-1-4-13-5-2-8)14-9-3-6-17-12(9)15-11/h1-6,10,14H,7H2,(H,15,16). The average Bonchev–Trinajstić information content (AvgIpc) is 2.78. The van der Waals surface area contributed by atoms with E-state index in [0.717, 1.165) is 11.3 Å². The molecule has 0 saturated carbocycles. The summed E-state index contributed by atoms with van der Waals surface area (Å²) in [5.74, 6) is 0.408. The lowest BCUT2D eigenvalue weighted by atomic mass is 10.1. The fraction of sp³-hybridized carbons (Fsp3) is 0.167. The molecule has 0 bridgehead atoms. The first kappa shape index (κ1) is 9.89. The predicted molar refractivity (Wildman–Crippen MR) is 62.7 cm³/mol. The van der Waals surface area contributed by atoms with Gasteiger partial charge in [-0.15, -0.1) is 0 Å². The monoisotopic (exact) mass is 229 g/mol. The van der Waals surface area contributed by atoms with Gasteiger partial charge in [0.15, 0.2) is 0 Å². The first-order chi connectivity index (χ1) is 8.33. The summed E-state index contributed by atoms with van der Waals surface area (Å²) in [7, 11) is 0. The number of nitrogens with zero attached hydrogens (tertiary/aromatic N) is 1. The Labute approximate surface area is 97.9 Å². The molecule has 0 saturated heterocycles. The molecule has 1 amide bonds. The summed E-state index contributed by atoms with van der Waals surface area (Å²) < 4.78 is 5.12. The Morgan fingerprint density at radius 1 is 1.29 bits per heavy atom. The summed E-state index contributed by atoms with van der Waals surface area (Å²) in [5.41, 5.74) is 1.89. The molecule has 2 aromatic rings. The fourth-order valence-electron chi connectivity index (χ4n) is 1.87. The normalized spacial score (nSPS) is 18.1. The summed E-state index contributed by atoms with van der Waals surface area (Å²) in [5, 5.41) is 5.88. The van der Waals surface area contributed by atoms with Crippen LogP contribution in [0.1, 0.15) is 5.56 Å². The largest absolute Gasteiger partial charge is 0.446 e.